The number of thiazole rings is 1. The normalized spacial score (nSPS) is 10.4. The lowest BCUT2D eigenvalue weighted by molar-refractivity contribution is 0.0929. The first-order valence-electron chi connectivity index (χ1n) is 8.15. The number of phenols is 1. The van der Waals surface area contributed by atoms with Crippen LogP contribution in [0.25, 0.3) is 10.8 Å². The van der Waals surface area contributed by atoms with E-state index in [9.17, 15) is 14.7 Å². The number of amides is 2. The van der Waals surface area contributed by atoms with Crippen molar-refractivity contribution >= 4 is 23.2 Å². The zero-order valence-corrected chi connectivity index (χ0v) is 15.3. The molecule has 0 fully saturated rings. The zero-order chi connectivity index (χ0) is 19.2. The summed E-state index contributed by atoms with van der Waals surface area (Å²) in [5, 5.41) is 15.3. The Morgan fingerprint density at radius 1 is 1.04 bits per heavy atom. The van der Waals surface area contributed by atoms with E-state index in [1.165, 1.54) is 35.6 Å². The minimum Gasteiger partial charge on any atom is -0.508 e. The van der Waals surface area contributed by atoms with Gasteiger partial charge in [0.2, 0.25) is 0 Å². The van der Waals surface area contributed by atoms with Crippen molar-refractivity contribution in [3.63, 3.8) is 0 Å². The Hall–Kier alpha value is -3.33. The van der Waals surface area contributed by atoms with Gasteiger partial charge in [-0.15, -0.1) is 11.3 Å². The second-order valence-corrected chi connectivity index (χ2v) is 6.56. The maximum Gasteiger partial charge on any atom is 0.263 e. The van der Waals surface area contributed by atoms with E-state index in [1.807, 2.05) is 0 Å². The summed E-state index contributed by atoms with van der Waals surface area (Å²) in [5.41, 5.74) is 1.04. The number of carbonyl (C=O) groups is 2. The summed E-state index contributed by atoms with van der Waals surface area (Å²) in [5.74, 6) is 0.0395. The third kappa shape index (κ3) is 4.64. The van der Waals surface area contributed by atoms with Crippen LogP contribution in [0.2, 0.25) is 0 Å². The number of hydrogen-bond acceptors (Lipinski definition) is 7. The van der Waals surface area contributed by atoms with Gasteiger partial charge in [-0.25, -0.2) is 15.0 Å². The van der Waals surface area contributed by atoms with E-state index in [4.69, 9.17) is 0 Å². The molecule has 8 nitrogen and oxygen atoms in total. The monoisotopic (exact) mass is 383 g/mol. The van der Waals surface area contributed by atoms with Crippen molar-refractivity contribution in [3.8, 4) is 16.6 Å². The smallest absolute Gasteiger partial charge is 0.263 e. The van der Waals surface area contributed by atoms with Crippen LogP contribution in [0.5, 0.6) is 5.75 Å². The molecule has 1 aromatic carbocycles. The van der Waals surface area contributed by atoms with Gasteiger partial charge in [-0.1, -0.05) is 0 Å². The fourth-order valence-corrected chi connectivity index (χ4v) is 3.19. The Balaban J connectivity index is 1.52. The number of rotatable bonds is 6. The lowest BCUT2D eigenvalue weighted by Crippen LogP contribution is -2.34. The van der Waals surface area contributed by atoms with Crippen molar-refractivity contribution in [1.29, 1.82) is 0 Å². The van der Waals surface area contributed by atoms with E-state index in [2.05, 4.69) is 25.6 Å². The molecular weight excluding hydrogens is 366 g/mol. The average Bonchev–Trinajstić information content (AvgIpc) is 3.08. The molecule has 0 atom stereocenters. The van der Waals surface area contributed by atoms with Gasteiger partial charge in [0.1, 0.15) is 10.6 Å². The second kappa shape index (κ2) is 8.37. The molecule has 3 rings (SSSR count). The molecule has 27 heavy (non-hydrogen) atoms. The first-order valence-corrected chi connectivity index (χ1v) is 8.96. The summed E-state index contributed by atoms with van der Waals surface area (Å²) in [7, 11) is 0. The van der Waals surface area contributed by atoms with Crippen LogP contribution < -0.4 is 10.6 Å². The van der Waals surface area contributed by atoms with Crippen molar-refractivity contribution in [3.05, 3.63) is 58.9 Å². The quantitative estimate of drug-likeness (QED) is 0.559. The predicted octanol–water partition coefficient (Wildman–Crippen LogP) is 1.77. The molecule has 2 heterocycles. The molecule has 0 aliphatic rings. The van der Waals surface area contributed by atoms with Gasteiger partial charge < -0.3 is 15.7 Å². The highest BCUT2D eigenvalue weighted by atomic mass is 32.1. The number of carbonyl (C=O) groups excluding carboxylic acids is 2. The van der Waals surface area contributed by atoms with E-state index in [0.29, 0.717) is 27.0 Å². The predicted molar refractivity (Wildman–Crippen MR) is 101 cm³/mol. The minimum absolute atomic E-state index is 0.0963. The van der Waals surface area contributed by atoms with Gasteiger partial charge in [0.25, 0.3) is 11.8 Å². The number of phenolic OH excluding ortho intramolecular Hbond substituents is 1. The number of aromatic nitrogens is 3. The molecule has 3 aromatic rings. The first kappa shape index (κ1) is 18.5. The van der Waals surface area contributed by atoms with Crippen LogP contribution in [0, 0.1) is 6.92 Å². The van der Waals surface area contributed by atoms with Crippen molar-refractivity contribution in [1.82, 2.24) is 25.6 Å². The highest BCUT2D eigenvalue weighted by molar-refractivity contribution is 7.17. The maximum absolute atomic E-state index is 12.3. The topological polar surface area (TPSA) is 117 Å². The third-order valence-corrected chi connectivity index (χ3v) is 4.74. The van der Waals surface area contributed by atoms with Crippen LogP contribution in [-0.2, 0) is 0 Å². The molecule has 0 saturated heterocycles. The van der Waals surface area contributed by atoms with Gasteiger partial charge in [0, 0.05) is 31.0 Å². The average molecular weight is 383 g/mol. The molecule has 0 unspecified atom stereocenters. The first-order chi connectivity index (χ1) is 13.0. The fraction of sp³-hybridized carbons (Fsp3) is 0.167. The minimum atomic E-state index is -0.276. The summed E-state index contributed by atoms with van der Waals surface area (Å²) in [4.78, 5) is 37.4. The maximum atomic E-state index is 12.3. The van der Waals surface area contributed by atoms with Gasteiger partial charge in [-0.2, -0.15) is 0 Å². The van der Waals surface area contributed by atoms with Gasteiger partial charge >= 0.3 is 0 Å². The third-order valence-electron chi connectivity index (χ3n) is 3.59. The number of nitrogens with one attached hydrogen (secondary N) is 2. The number of hydrogen-bond donors (Lipinski definition) is 3. The molecule has 0 bridgehead atoms. The molecule has 2 aromatic heterocycles. The van der Waals surface area contributed by atoms with Crippen molar-refractivity contribution in [2.24, 2.45) is 0 Å². The van der Waals surface area contributed by atoms with E-state index < -0.39 is 0 Å². The largest absolute Gasteiger partial charge is 0.508 e. The van der Waals surface area contributed by atoms with E-state index >= 15 is 0 Å². The second-order valence-electron chi connectivity index (χ2n) is 5.56. The summed E-state index contributed by atoms with van der Waals surface area (Å²) in [6, 6.07) is 7.65. The Bertz CT molecular complexity index is 941. The highest BCUT2D eigenvalue weighted by Gasteiger charge is 2.17. The molecular formula is C18H17N5O3S. The summed E-state index contributed by atoms with van der Waals surface area (Å²) < 4.78 is 0. The fourth-order valence-electron chi connectivity index (χ4n) is 2.26. The summed E-state index contributed by atoms with van der Waals surface area (Å²) in [6.45, 7) is 2.31. The zero-order valence-electron chi connectivity index (χ0n) is 14.5. The standard InChI is InChI=1S/C18H17N5O3S/c1-11-14(27-18(23-11)15-19-7-2-8-20-15)17(26)22-10-9-21-16(25)12-3-5-13(24)6-4-12/h2-8,24H,9-10H2,1H3,(H,21,25)(H,22,26). The van der Waals surface area contributed by atoms with Gasteiger partial charge in [0.15, 0.2) is 10.8 Å². The van der Waals surface area contributed by atoms with Crippen molar-refractivity contribution in [2.75, 3.05) is 13.1 Å². The number of benzene rings is 1. The highest BCUT2D eigenvalue weighted by Crippen LogP contribution is 2.24. The molecule has 0 spiro atoms. The van der Waals surface area contributed by atoms with Crippen LogP contribution in [-0.4, -0.2) is 45.0 Å². The molecule has 2 amide bonds. The molecule has 0 aliphatic heterocycles. The lowest BCUT2D eigenvalue weighted by atomic mass is 10.2. The van der Waals surface area contributed by atoms with Crippen LogP contribution >= 0.6 is 11.3 Å². The van der Waals surface area contributed by atoms with Crippen molar-refractivity contribution in [2.45, 2.75) is 6.92 Å². The Kier molecular flexibility index (Phi) is 5.72. The molecule has 9 heteroatoms. The molecule has 3 N–H and O–H groups in total. The number of aromatic hydroxyl groups is 1. The number of aryl methyl sites for hydroxylation is 1. The van der Waals surface area contributed by atoms with Crippen molar-refractivity contribution < 1.29 is 14.7 Å². The Morgan fingerprint density at radius 2 is 1.67 bits per heavy atom. The van der Waals surface area contributed by atoms with E-state index in [1.54, 1.807) is 25.4 Å². The van der Waals surface area contributed by atoms with E-state index in [0.717, 1.165) is 0 Å². The lowest BCUT2D eigenvalue weighted by Gasteiger charge is -2.07. The van der Waals surface area contributed by atoms with Gasteiger partial charge in [-0.3, -0.25) is 9.59 Å². The molecule has 0 saturated carbocycles. The Labute approximate surface area is 159 Å². The SMILES string of the molecule is Cc1nc(-c2ncccn2)sc1C(=O)NCCNC(=O)c1ccc(O)cc1. The van der Waals surface area contributed by atoms with Gasteiger partial charge in [0.05, 0.1) is 5.69 Å². The summed E-state index contributed by atoms with van der Waals surface area (Å²) in [6.07, 6.45) is 3.24. The van der Waals surface area contributed by atoms with E-state index in [-0.39, 0.29) is 30.7 Å². The molecule has 0 aliphatic carbocycles. The number of nitrogens with zero attached hydrogens (tertiary/aromatic N) is 3. The molecule has 138 valence electrons. The summed E-state index contributed by atoms with van der Waals surface area (Å²) >= 11 is 1.22. The van der Waals surface area contributed by atoms with Crippen LogP contribution in [0.3, 0.4) is 0 Å². The van der Waals surface area contributed by atoms with Crippen LogP contribution in [0.4, 0.5) is 0 Å². The van der Waals surface area contributed by atoms with Gasteiger partial charge in [-0.05, 0) is 37.3 Å². The Morgan fingerprint density at radius 3 is 2.33 bits per heavy atom. The molecule has 0 radical (unpaired) electrons. The van der Waals surface area contributed by atoms with Crippen LogP contribution in [0.15, 0.2) is 42.7 Å². The van der Waals surface area contributed by atoms with Crippen LogP contribution in [0.1, 0.15) is 25.7 Å².